The summed E-state index contributed by atoms with van der Waals surface area (Å²) in [4.78, 5) is 18.0. The van der Waals surface area contributed by atoms with E-state index in [9.17, 15) is 4.79 Å². The molecule has 2 aliphatic rings. The number of methoxy groups -OCH3 is 1. The fraction of sp³-hybridized carbons (Fsp3) is 0.292. The smallest absolute Gasteiger partial charge is 0.231 e. The van der Waals surface area contributed by atoms with Crippen molar-refractivity contribution in [2.75, 3.05) is 38.9 Å². The van der Waals surface area contributed by atoms with Crippen LogP contribution in [0.3, 0.4) is 0 Å². The molecule has 3 aromatic rings. The Morgan fingerprint density at radius 3 is 2.94 bits per heavy atom. The van der Waals surface area contributed by atoms with Crippen molar-refractivity contribution >= 4 is 28.1 Å². The molecule has 0 fully saturated rings. The van der Waals surface area contributed by atoms with Gasteiger partial charge in [-0.2, -0.15) is 0 Å². The number of nitrogens with zero attached hydrogens (tertiary/aromatic N) is 1. The molecule has 0 radical (unpaired) electrons. The van der Waals surface area contributed by atoms with Crippen molar-refractivity contribution in [3.05, 3.63) is 54.2 Å². The molecule has 7 heteroatoms. The minimum absolute atomic E-state index is 0.00244. The maximum atomic E-state index is 12.4. The number of aromatic nitrogens is 1. The molecule has 0 saturated carbocycles. The molecule has 0 atom stereocenters. The molecule has 0 spiro atoms. The molecule has 5 rings (SSSR count). The lowest BCUT2D eigenvalue weighted by Crippen LogP contribution is -2.31. The van der Waals surface area contributed by atoms with Gasteiger partial charge in [-0.3, -0.25) is 9.69 Å². The predicted octanol–water partition coefficient (Wildman–Crippen LogP) is 4.02. The van der Waals surface area contributed by atoms with Crippen LogP contribution in [0.4, 0.5) is 5.69 Å². The first-order valence-corrected chi connectivity index (χ1v) is 10.5. The fourth-order valence-electron chi connectivity index (χ4n) is 4.11. The normalized spacial score (nSPS) is 15.7. The molecule has 3 heterocycles. The quantitative estimate of drug-likeness (QED) is 0.631. The van der Waals surface area contributed by atoms with Crippen LogP contribution in [0.2, 0.25) is 0 Å². The number of carbonyl (C=O) groups excluding carboxylic acids is 1. The fourth-order valence-corrected chi connectivity index (χ4v) is 4.11. The summed E-state index contributed by atoms with van der Waals surface area (Å²) in [7, 11) is 1.69. The van der Waals surface area contributed by atoms with Crippen LogP contribution in [0.25, 0.3) is 16.5 Å². The highest BCUT2D eigenvalue weighted by molar-refractivity contribution is 5.94. The maximum Gasteiger partial charge on any atom is 0.231 e. The molecule has 1 aromatic heterocycles. The van der Waals surface area contributed by atoms with Crippen molar-refractivity contribution in [1.82, 2.24) is 9.88 Å². The lowest BCUT2D eigenvalue weighted by molar-refractivity contribution is -0.116. The van der Waals surface area contributed by atoms with Gasteiger partial charge in [-0.05, 0) is 42.3 Å². The Hall–Kier alpha value is -3.45. The van der Waals surface area contributed by atoms with E-state index in [0.29, 0.717) is 17.9 Å². The van der Waals surface area contributed by atoms with Gasteiger partial charge >= 0.3 is 0 Å². The van der Waals surface area contributed by atoms with Gasteiger partial charge in [0, 0.05) is 60.5 Å². The topological polar surface area (TPSA) is 75.8 Å². The Morgan fingerprint density at radius 2 is 2.10 bits per heavy atom. The van der Waals surface area contributed by atoms with E-state index in [1.807, 2.05) is 24.3 Å². The van der Waals surface area contributed by atoms with E-state index in [4.69, 9.17) is 14.2 Å². The van der Waals surface area contributed by atoms with Gasteiger partial charge in [0.05, 0.1) is 7.11 Å². The monoisotopic (exact) mass is 419 g/mol. The zero-order valence-corrected chi connectivity index (χ0v) is 17.4. The van der Waals surface area contributed by atoms with E-state index in [2.05, 4.69) is 33.5 Å². The van der Waals surface area contributed by atoms with Crippen LogP contribution in [0.1, 0.15) is 18.4 Å². The summed E-state index contributed by atoms with van der Waals surface area (Å²) in [6.07, 6.45) is 5.74. The van der Waals surface area contributed by atoms with Gasteiger partial charge in [0.1, 0.15) is 5.75 Å². The predicted molar refractivity (Wildman–Crippen MR) is 120 cm³/mol. The first-order chi connectivity index (χ1) is 15.2. The summed E-state index contributed by atoms with van der Waals surface area (Å²) in [6, 6.07) is 11.5. The number of aromatic amines is 1. The number of ether oxygens (including phenoxy) is 3. The van der Waals surface area contributed by atoms with Gasteiger partial charge in [-0.1, -0.05) is 6.08 Å². The molecule has 2 N–H and O–H groups in total. The SMILES string of the molecule is COc1ccc2[nH]cc(C3=CCN(CCC(=O)Nc4ccc5c(c4)OCO5)CC3)c2c1. The summed E-state index contributed by atoms with van der Waals surface area (Å²) < 4.78 is 16.0. The molecule has 1 amide bonds. The van der Waals surface area contributed by atoms with Gasteiger partial charge in [0.2, 0.25) is 12.7 Å². The van der Waals surface area contributed by atoms with Crippen LogP contribution < -0.4 is 19.5 Å². The van der Waals surface area contributed by atoms with Crippen LogP contribution in [-0.2, 0) is 4.79 Å². The third-order valence-corrected chi connectivity index (χ3v) is 5.84. The molecular weight excluding hydrogens is 394 g/mol. The highest BCUT2D eigenvalue weighted by Crippen LogP contribution is 2.34. The van der Waals surface area contributed by atoms with Crippen LogP contribution in [0.5, 0.6) is 17.2 Å². The Bertz CT molecular complexity index is 1150. The number of rotatable bonds is 6. The number of fused-ring (bicyclic) bond motifs is 2. The molecule has 0 bridgehead atoms. The van der Waals surface area contributed by atoms with Crippen molar-refractivity contribution in [2.24, 2.45) is 0 Å². The van der Waals surface area contributed by atoms with E-state index >= 15 is 0 Å². The highest BCUT2D eigenvalue weighted by atomic mass is 16.7. The van der Waals surface area contributed by atoms with E-state index in [-0.39, 0.29) is 12.7 Å². The van der Waals surface area contributed by atoms with Gasteiger partial charge < -0.3 is 24.5 Å². The largest absolute Gasteiger partial charge is 0.497 e. The van der Waals surface area contributed by atoms with Crippen LogP contribution in [0, 0.1) is 0 Å². The molecule has 0 aliphatic carbocycles. The second kappa shape index (κ2) is 8.35. The number of benzene rings is 2. The Labute approximate surface area is 180 Å². The first kappa shape index (κ1) is 19.5. The zero-order valence-electron chi connectivity index (χ0n) is 17.4. The third kappa shape index (κ3) is 4.09. The Morgan fingerprint density at radius 1 is 1.19 bits per heavy atom. The summed E-state index contributed by atoms with van der Waals surface area (Å²) in [5.41, 5.74) is 4.40. The second-order valence-corrected chi connectivity index (χ2v) is 7.76. The number of hydrogen-bond acceptors (Lipinski definition) is 5. The van der Waals surface area contributed by atoms with Gasteiger partial charge in [0.25, 0.3) is 0 Å². The molecule has 7 nitrogen and oxygen atoms in total. The van der Waals surface area contributed by atoms with Gasteiger partial charge in [-0.25, -0.2) is 0 Å². The number of amides is 1. The average Bonchev–Trinajstić information content (AvgIpc) is 3.44. The Kier molecular flexibility index (Phi) is 5.26. The minimum Gasteiger partial charge on any atom is -0.497 e. The number of hydrogen-bond donors (Lipinski definition) is 2. The number of nitrogens with one attached hydrogen (secondary N) is 2. The third-order valence-electron chi connectivity index (χ3n) is 5.84. The molecule has 2 aliphatic heterocycles. The molecular formula is C24H25N3O4. The van der Waals surface area contributed by atoms with Crippen LogP contribution in [-0.4, -0.2) is 49.3 Å². The van der Waals surface area contributed by atoms with Gasteiger partial charge in [-0.15, -0.1) is 0 Å². The van der Waals surface area contributed by atoms with Crippen molar-refractivity contribution in [3.63, 3.8) is 0 Å². The molecule has 31 heavy (non-hydrogen) atoms. The first-order valence-electron chi connectivity index (χ1n) is 10.5. The molecule has 2 aromatic carbocycles. The van der Waals surface area contributed by atoms with Crippen molar-refractivity contribution in [1.29, 1.82) is 0 Å². The van der Waals surface area contributed by atoms with Crippen LogP contribution in [0.15, 0.2) is 48.7 Å². The van der Waals surface area contributed by atoms with Crippen molar-refractivity contribution in [2.45, 2.75) is 12.8 Å². The maximum absolute atomic E-state index is 12.4. The lowest BCUT2D eigenvalue weighted by Gasteiger charge is -2.26. The Balaban J connectivity index is 1.17. The number of H-pyrrole nitrogens is 1. The summed E-state index contributed by atoms with van der Waals surface area (Å²) in [5.74, 6) is 2.24. The van der Waals surface area contributed by atoms with E-state index in [1.54, 1.807) is 13.2 Å². The highest BCUT2D eigenvalue weighted by Gasteiger charge is 2.18. The molecule has 0 unspecified atom stereocenters. The van der Waals surface area contributed by atoms with E-state index in [0.717, 1.165) is 43.0 Å². The summed E-state index contributed by atoms with van der Waals surface area (Å²) in [6.45, 7) is 2.72. The summed E-state index contributed by atoms with van der Waals surface area (Å²) >= 11 is 0. The standard InChI is InChI=1S/C24H25N3O4/c1-29-18-3-4-21-19(13-18)20(14-25-21)16-6-9-27(10-7-16)11-8-24(28)26-17-2-5-22-23(12-17)31-15-30-22/h2-6,12-14,25H,7-11,15H2,1H3,(H,26,28). The van der Waals surface area contributed by atoms with Crippen molar-refractivity contribution in [3.8, 4) is 17.2 Å². The molecule has 0 saturated heterocycles. The second-order valence-electron chi connectivity index (χ2n) is 7.76. The van der Waals surface area contributed by atoms with E-state index in [1.165, 1.54) is 16.5 Å². The summed E-state index contributed by atoms with van der Waals surface area (Å²) in [5, 5.41) is 4.12. The number of carbonyl (C=O) groups is 1. The number of anilines is 1. The van der Waals surface area contributed by atoms with Gasteiger partial charge in [0.15, 0.2) is 11.5 Å². The lowest BCUT2D eigenvalue weighted by atomic mass is 9.98. The zero-order chi connectivity index (χ0) is 21.2. The van der Waals surface area contributed by atoms with E-state index < -0.39 is 0 Å². The molecule has 160 valence electrons. The van der Waals surface area contributed by atoms with Crippen molar-refractivity contribution < 1.29 is 19.0 Å². The average molecular weight is 419 g/mol. The minimum atomic E-state index is -0.00244. The van der Waals surface area contributed by atoms with Crippen LogP contribution >= 0.6 is 0 Å².